The molecule has 2 N–H and O–H groups in total. The minimum Gasteiger partial charge on any atom is -0.491 e. The number of benzene rings is 1. The summed E-state index contributed by atoms with van der Waals surface area (Å²) >= 11 is 0. The fourth-order valence-corrected chi connectivity index (χ4v) is 3.17. The molecule has 0 unspecified atom stereocenters. The van der Waals surface area contributed by atoms with Crippen LogP contribution in [0.25, 0.3) is 0 Å². The second kappa shape index (κ2) is 12.3. The van der Waals surface area contributed by atoms with Crippen LogP contribution in [-0.4, -0.2) is 50.9 Å². The summed E-state index contributed by atoms with van der Waals surface area (Å²) in [6.07, 6.45) is 1.01. The van der Waals surface area contributed by atoms with Crippen LogP contribution in [0, 0.1) is 11.8 Å². The van der Waals surface area contributed by atoms with Gasteiger partial charge in [-0.15, -0.1) is 5.92 Å². The van der Waals surface area contributed by atoms with Crippen molar-refractivity contribution in [2.24, 2.45) is 0 Å². The number of nitrogens with zero attached hydrogens (tertiary/aromatic N) is 1. The van der Waals surface area contributed by atoms with Crippen molar-refractivity contribution >= 4 is 21.7 Å². The Morgan fingerprint density at radius 3 is 2.57 bits per heavy atom. The summed E-state index contributed by atoms with van der Waals surface area (Å²) in [5.41, 5.74) is 1.92. The van der Waals surface area contributed by atoms with Gasteiger partial charge in [-0.2, -0.15) is 8.42 Å². The van der Waals surface area contributed by atoms with E-state index in [4.69, 9.17) is 9.29 Å². The topological polar surface area (TPSA) is 95.9 Å². The third kappa shape index (κ3) is 9.11. The van der Waals surface area contributed by atoms with Gasteiger partial charge >= 0.3 is 0 Å². The number of amides is 1. The van der Waals surface area contributed by atoms with Gasteiger partial charge in [-0.05, 0) is 51.8 Å². The van der Waals surface area contributed by atoms with Crippen LogP contribution in [0.5, 0.6) is 5.75 Å². The molecule has 0 aromatic heterocycles. The van der Waals surface area contributed by atoms with Gasteiger partial charge in [0.1, 0.15) is 5.75 Å². The van der Waals surface area contributed by atoms with E-state index in [1.54, 1.807) is 6.92 Å². The lowest BCUT2D eigenvalue weighted by Gasteiger charge is -2.24. The number of carbonyl (C=O) groups excluding carboxylic acids is 1. The molecule has 0 spiro atoms. The molecule has 28 heavy (non-hydrogen) atoms. The van der Waals surface area contributed by atoms with Crippen molar-refractivity contribution in [1.82, 2.24) is 5.32 Å². The Bertz CT molecular complexity index is 793. The van der Waals surface area contributed by atoms with E-state index in [0.717, 1.165) is 30.1 Å². The molecule has 0 heterocycles. The summed E-state index contributed by atoms with van der Waals surface area (Å²) in [6, 6.07) is 5.84. The summed E-state index contributed by atoms with van der Waals surface area (Å²) in [5, 5.41) is 2.63. The van der Waals surface area contributed by atoms with E-state index < -0.39 is 10.1 Å². The van der Waals surface area contributed by atoms with Crippen molar-refractivity contribution < 1.29 is 22.5 Å². The lowest BCUT2D eigenvalue weighted by Crippen LogP contribution is -2.26. The quantitative estimate of drug-likeness (QED) is 0.312. The molecule has 0 aliphatic carbocycles. The Labute approximate surface area is 168 Å². The number of hydrogen-bond acceptors (Lipinski definition) is 5. The highest BCUT2D eigenvalue weighted by atomic mass is 32.2. The minimum absolute atomic E-state index is 0.170. The second-order valence-electron chi connectivity index (χ2n) is 6.17. The third-order valence-corrected chi connectivity index (χ3v) is 4.84. The van der Waals surface area contributed by atoms with Gasteiger partial charge < -0.3 is 15.0 Å². The molecule has 0 saturated carbocycles. The fourth-order valence-electron chi connectivity index (χ4n) is 2.66. The molecule has 8 heteroatoms. The van der Waals surface area contributed by atoms with Gasteiger partial charge in [-0.25, -0.2) is 0 Å². The minimum atomic E-state index is -3.98. The molecule has 1 aromatic rings. The molecule has 0 atom stereocenters. The largest absolute Gasteiger partial charge is 0.491 e. The van der Waals surface area contributed by atoms with Crippen molar-refractivity contribution in [3.8, 4) is 17.6 Å². The highest BCUT2D eigenvalue weighted by Crippen LogP contribution is 2.29. The molecule has 1 amide bonds. The van der Waals surface area contributed by atoms with Crippen molar-refractivity contribution in [2.45, 2.75) is 40.0 Å². The van der Waals surface area contributed by atoms with Crippen LogP contribution >= 0.6 is 0 Å². The normalized spacial score (nSPS) is 10.7. The fraction of sp³-hybridized carbons (Fsp3) is 0.550. The number of ether oxygens (including phenoxy) is 1. The van der Waals surface area contributed by atoms with Crippen molar-refractivity contribution in [2.75, 3.05) is 36.9 Å². The van der Waals surface area contributed by atoms with Crippen LogP contribution in [-0.2, 0) is 14.9 Å². The van der Waals surface area contributed by atoms with Crippen LogP contribution < -0.4 is 15.0 Å². The predicted octanol–water partition coefficient (Wildman–Crippen LogP) is 2.46. The maximum Gasteiger partial charge on any atom is 0.264 e. The molecular formula is C20H30N2O5S. The zero-order valence-corrected chi connectivity index (χ0v) is 17.6. The molecule has 7 nitrogen and oxygen atoms in total. The first kappa shape index (κ1) is 23.8. The van der Waals surface area contributed by atoms with E-state index in [1.165, 1.54) is 0 Å². The average molecular weight is 411 g/mol. The SMILES string of the molecule is CC#Cc1ccc(OCCCC(=O)NCCCS(=O)(=O)O)c(N(CC)CC)c1. The Balaban J connectivity index is 2.51. The van der Waals surface area contributed by atoms with Gasteiger partial charge in [-0.3, -0.25) is 9.35 Å². The highest BCUT2D eigenvalue weighted by molar-refractivity contribution is 7.85. The van der Waals surface area contributed by atoms with Gasteiger partial charge in [0.25, 0.3) is 10.1 Å². The molecular weight excluding hydrogens is 380 g/mol. The van der Waals surface area contributed by atoms with Crippen molar-refractivity contribution in [3.05, 3.63) is 23.8 Å². The molecule has 0 bridgehead atoms. The van der Waals surface area contributed by atoms with Gasteiger partial charge in [0.2, 0.25) is 5.91 Å². The van der Waals surface area contributed by atoms with E-state index in [0.29, 0.717) is 13.0 Å². The van der Waals surface area contributed by atoms with Crippen molar-refractivity contribution in [1.29, 1.82) is 0 Å². The van der Waals surface area contributed by atoms with Gasteiger partial charge in [0.05, 0.1) is 18.0 Å². The van der Waals surface area contributed by atoms with Crippen LogP contribution in [0.2, 0.25) is 0 Å². The Hall–Kier alpha value is -2.24. The summed E-state index contributed by atoms with van der Waals surface area (Å²) in [7, 11) is -3.98. The molecule has 0 saturated heterocycles. The van der Waals surface area contributed by atoms with Gasteiger partial charge in [-0.1, -0.05) is 5.92 Å². The molecule has 1 rings (SSSR count). The Morgan fingerprint density at radius 1 is 1.25 bits per heavy atom. The van der Waals surface area contributed by atoms with E-state index in [9.17, 15) is 13.2 Å². The predicted molar refractivity (Wildman–Crippen MR) is 111 cm³/mol. The maximum absolute atomic E-state index is 11.8. The van der Waals surface area contributed by atoms with E-state index in [1.807, 2.05) is 18.2 Å². The Kier molecular flexibility index (Phi) is 10.4. The standard InChI is InChI=1S/C20H30N2O5S/c1-4-9-17-11-12-19(18(16-17)22(5-2)6-3)27-14-7-10-20(23)21-13-8-15-28(24,25)26/h11-12,16H,5-8,10,13-15H2,1-3H3,(H,21,23)(H,24,25,26). The van der Waals surface area contributed by atoms with Gasteiger partial charge in [0.15, 0.2) is 0 Å². The number of anilines is 1. The molecule has 0 fully saturated rings. The third-order valence-electron chi connectivity index (χ3n) is 4.04. The summed E-state index contributed by atoms with van der Waals surface area (Å²) in [6.45, 7) is 8.27. The lowest BCUT2D eigenvalue weighted by atomic mass is 10.1. The number of rotatable bonds is 12. The molecule has 0 radical (unpaired) electrons. The van der Waals surface area contributed by atoms with Gasteiger partial charge in [0, 0.05) is 31.6 Å². The maximum atomic E-state index is 11.8. The van der Waals surface area contributed by atoms with E-state index in [2.05, 4.69) is 35.9 Å². The number of carbonyl (C=O) groups is 1. The smallest absolute Gasteiger partial charge is 0.264 e. The number of hydrogen-bond donors (Lipinski definition) is 2. The summed E-state index contributed by atoms with van der Waals surface area (Å²) in [4.78, 5) is 14.0. The first-order valence-electron chi connectivity index (χ1n) is 9.47. The summed E-state index contributed by atoms with van der Waals surface area (Å²) < 4.78 is 35.8. The first-order chi connectivity index (χ1) is 13.3. The lowest BCUT2D eigenvalue weighted by molar-refractivity contribution is -0.121. The van der Waals surface area contributed by atoms with E-state index >= 15 is 0 Å². The molecule has 1 aromatic carbocycles. The highest BCUT2D eigenvalue weighted by Gasteiger charge is 2.11. The average Bonchev–Trinajstić information content (AvgIpc) is 2.64. The summed E-state index contributed by atoms with van der Waals surface area (Å²) in [5.74, 6) is 6.19. The van der Waals surface area contributed by atoms with Crippen LogP contribution in [0.3, 0.4) is 0 Å². The first-order valence-corrected chi connectivity index (χ1v) is 11.1. The molecule has 0 aliphatic rings. The Morgan fingerprint density at radius 2 is 1.96 bits per heavy atom. The van der Waals surface area contributed by atoms with Crippen molar-refractivity contribution in [3.63, 3.8) is 0 Å². The van der Waals surface area contributed by atoms with Crippen LogP contribution in [0.4, 0.5) is 5.69 Å². The van der Waals surface area contributed by atoms with E-state index in [-0.39, 0.29) is 31.0 Å². The second-order valence-corrected chi connectivity index (χ2v) is 7.74. The zero-order chi connectivity index (χ0) is 21.0. The molecule has 0 aliphatic heterocycles. The number of nitrogens with one attached hydrogen (secondary N) is 1. The molecule has 156 valence electrons. The van der Waals surface area contributed by atoms with Crippen LogP contribution in [0.15, 0.2) is 18.2 Å². The monoisotopic (exact) mass is 410 g/mol. The zero-order valence-electron chi connectivity index (χ0n) is 16.8. The van der Waals surface area contributed by atoms with Crippen LogP contribution in [0.1, 0.15) is 45.6 Å².